The molecule has 9 nitrogen and oxygen atoms in total. The van der Waals surface area contributed by atoms with E-state index < -0.39 is 12.1 Å². The van der Waals surface area contributed by atoms with Gasteiger partial charge in [-0.25, -0.2) is 4.79 Å². The van der Waals surface area contributed by atoms with Crippen molar-refractivity contribution in [3.8, 4) is 5.75 Å². The summed E-state index contributed by atoms with van der Waals surface area (Å²) in [5, 5.41) is 10.5. The molecule has 2 aliphatic rings. The molecule has 2 fully saturated rings. The highest BCUT2D eigenvalue weighted by Crippen LogP contribution is 2.20. The maximum Gasteiger partial charge on any atom is 0.490 e. The van der Waals surface area contributed by atoms with Crippen molar-refractivity contribution >= 4 is 23.5 Å². The normalized spacial score (nSPS) is 16.4. The van der Waals surface area contributed by atoms with Crippen LogP contribution in [0.5, 0.6) is 5.75 Å². The Morgan fingerprint density at radius 1 is 0.975 bits per heavy atom. The van der Waals surface area contributed by atoms with E-state index in [1.54, 1.807) is 36.3 Å². The third-order valence-electron chi connectivity index (χ3n) is 6.89. The molecule has 2 aromatic rings. The van der Waals surface area contributed by atoms with Crippen molar-refractivity contribution in [3.05, 3.63) is 60.2 Å². The van der Waals surface area contributed by atoms with Crippen molar-refractivity contribution < 1.29 is 37.4 Å². The molecule has 0 radical (unpaired) electrons. The van der Waals surface area contributed by atoms with Gasteiger partial charge in [-0.15, -0.1) is 0 Å². The Hall–Kier alpha value is -3.64. The Bertz CT molecular complexity index is 1100. The smallest absolute Gasteiger partial charge is 0.490 e. The first-order valence-corrected chi connectivity index (χ1v) is 13.1. The molecule has 0 aromatic heterocycles. The third kappa shape index (κ3) is 9.23. The average molecular weight is 565 g/mol. The first-order chi connectivity index (χ1) is 19.1. The van der Waals surface area contributed by atoms with Gasteiger partial charge in [0, 0.05) is 44.0 Å². The van der Waals surface area contributed by atoms with Crippen LogP contribution >= 0.6 is 0 Å². The van der Waals surface area contributed by atoms with Crippen molar-refractivity contribution in [2.24, 2.45) is 5.92 Å². The number of carbonyl (C=O) groups excluding carboxylic acids is 2. The van der Waals surface area contributed by atoms with Gasteiger partial charge < -0.3 is 20.1 Å². The summed E-state index contributed by atoms with van der Waals surface area (Å²) in [4.78, 5) is 41.4. The lowest BCUT2D eigenvalue weighted by atomic mass is 9.97. The number of alkyl halides is 3. The number of aliphatic carboxylic acids is 1. The van der Waals surface area contributed by atoms with Crippen LogP contribution in [0, 0.1) is 5.92 Å². The number of methoxy groups -OCH3 is 1. The Balaban J connectivity index is 0.000000559. The highest BCUT2D eigenvalue weighted by molar-refractivity contribution is 6.08. The number of amides is 2. The van der Waals surface area contributed by atoms with Gasteiger partial charge in [-0.05, 0) is 68.2 Å². The van der Waals surface area contributed by atoms with Crippen LogP contribution in [0.2, 0.25) is 0 Å². The molecule has 0 saturated carbocycles. The maximum atomic E-state index is 13.3. The fourth-order valence-corrected chi connectivity index (χ4v) is 4.62. The zero-order chi connectivity index (χ0) is 29.1. The Morgan fingerprint density at radius 2 is 1.55 bits per heavy atom. The van der Waals surface area contributed by atoms with E-state index in [1.165, 1.54) is 12.8 Å². The van der Waals surface area contributed by atoms with Crippen LogP contribution in [0.1, 0.15) is 23.2 Å². The number of halogens is 3. The fraction of sp³-hybridized carbons (Fsp3) is 0.464. The standard InChI is InChI=1S/C26H34N4O3.C2HF3O2/c1-33-24-9-7-22(8-10-24)26(32)30(23-5-3-2-4-6-23)20-25(31)29-17-15-28(16-18-29)19-21-11-13-27-14-12-21;3-2(4,5)1(6)7/h2-10,21,27H,11-20H2,1H3;(H,6,7). The lowest BCUT2D eigenvalue weighted by Gasteiger charge is -2.38. The van der Waals surface area contributed by atoms with Crippen LogP contribution in [-0.2, 0) is 9.59 Å². The van der Waals surface area contributed by atoms with Gasteiger partial charge in [-0.1, -0.05) is 18.2 Å². The van der Waals surface area contributed by atoms with E-state index in [1.807, 2.05) is 35.2 Å². The second kappa shape index (κ2) is 14.7. The summed E-state index contributed by atoms with van der Waals surface area (Å²) < 4.78 is 36.9. The van der Waals surface area contributed by atoms with Crippen LogP contribution < -0.4 is 15.0 Å². The average Bonchev–Trinajstić information content (AvgIpc) is 2.96. The molecule has 0 unspecified atom stereocenters. The SMILES string of the molecule is COc1ccc(C(=O)N(CC(=O)N2CCN(CC3CCNCC3)CC2)c2ccccc2)cc1.O=C(O)C(F)(F)F. The van der Waals surface area contributed by atoms with E-state index >= 15 is 0 Å². The number of ether oxygens (including phenoxy) is 1. The summed E-state index contributed by atoms with van der Waals surface area (Å²) in [6.45, 7) is 6.59. The minimum Gasteiger partial charge on any atom is -0.497 e. The topological polar surface area (TPSA) is 102 Å². The van der Waals surface area contributed by atoms with Gasteiger partial charge in [-0.2, -0.15) is 13.2 Å². The fourth-order valence-electron chi connectivity index (χ4n) is 4.62. The van der Waals surface area contributed by atoms with Gasteiger partial charge in [0.1, 0.15) is 12.3 Å². The van der Waals surface area contributed by atoms with E-state index in [-0.39, 0.29) is 18.4 Å². The zero-order valence-electron chi connectivity index (χ0n) is 22.4. The molecule has 2 N–H and O–H groups in total. The molecule has 0 spiro atoms. The summed E-state index contributed by atoms with van der Waals surface area (Å²) in [7, 11) is 1.60. The van der Waals surface area contributed by atoms with Crippen LogP contribution in [0.25, 0.3) is 0 Å². The molecule has 2 amide bonds. The summed E-state index contributed by atoms with van der Waals surface area (Å²) in [5.74, 6) is -1.52. The predicted molar refractivity (Wildman–Crippen MR) is 143 cm³/mol. The number of nitrogens with zero attached hydrogens (tertiary/aromatic N) is 3. The van der Waals surface area contributed by atoms with E-state index in [0.717, 1.165) is 44.3 Å². The Labute approximate surface area is 231 Å². The lowest BCUT2D eigenvalue weighted by Crippen LogP contribution is -2.53. The first kappa shape index (κ1) is 30.9. The number of benzene rings is 2. The molecule has 2 aromatic carbocycles. The van der Waals surface area contributed by atoms with Gasteiger partial charge in [0.05, 0.1) is 7.11 Å². The van der Waals surface area contributed by atoms with Crippen LogP contribution in [-0.4, -0.2) is 98.3 Å². The van der Waals surface area contributed by atoms with Crippen molar-refractivity contribution in [1.29, 1.82) is 0 Å². The van der Waals surface area contributed by atoms with Gasteiger partial charge in [-0.3, -0.25) is 19.4 Å². The molecule has 0 atom stereocenters. The van der Waals surface area contributed by atoms with Crippen molar-refractivity contribution in [2.45, 2.75) is 19.0 Å². The number of carboxylic acids is 1. The predicted octanol–water partition coefficient (Wildman–Crippen LogP) is 3.12. The number of piperidine rings is 1. The molecule has 40 heavy (non-hydrogen) atoms. The molecular weight excluding hydrogens is 529 g/mol. The van der Waals surface area contributed by atoms with Crippen LogP contribution in [0.3, 0.4) is 0 Å². The van der Waals surface area contributed by atoms with E-state index in [2.05, 4.69) is 10.2 Å². The molecule has 0 bridgehead atoms. The number of anilines is 1. The zero-order valence-corrected chi connectivity index (χ0v) is 22.4. The van der Waals surface area contributed by atoms with Gasteiger partial charge in [0.25, 0.3) is 5.91 Å². The molecule has 4 rings (SSSR count). The van der Waals surface area contributed by atoms with Gasteiger partial charge in [0.15, 0.2) is 0 Å². The lowest BCUT2D eigenvalue weighted by molar-refractivity contribution is -0.192. The summed E-state index contributed by atoms with van der Waals surface area (Å²) in [5.41, 5.74) is 1.25. The van der Waals surface area contributed by atoms with Crippen molar-refractivity contribution in [1.82, 2.24) is 15.1 Å². The number of carbonyl (C=O) groups is 3. The highest BCUT2D eigenvalue weighted by Gasteiger charge is 2.38. The molecule has 218 valence electrons. The number of hydrogen-bond donors (Lipinski definition) is 2. The summed E-state index contributed by atoms with van der Waals surface area (Å²) in [6.07, 6.45) is -2.61. The number of hydrogen-bond acceptors (Lipinski definition) is 6. The quantitative estimate of drug-likeness (QED) is 0.533. The first-order valence-electron chi connectivity index (χ1n) is 13.1. The highest BCUT2D eigenvalue weighted by atomic mass is 19.4. The number of para-hydroxylation sites is 1. The van der Waals surface area contributed by atoms with Gasteiger partial charge in [0.2, 0.25) is 5.91 Å². The molecular formula is C28H35F3N4O5. The number of rotatable bonds is 7. The number of nitrogens with one attached hydrogen (secondary N) is 1. The van der Waals surface area contributed by atoms with Crippen molar-refractivity contribution in [2.75, 3.05) is 64.4 Å². The van der Waals surface area contributed by atoms with Crippen LogP contribution in [0.4, 0.5) is 18.9 Å². The minimum atomic E-state index is -5.08. The largest absolute Gasteiger partial charge is 0.497 e. The second-order valence-corrected chi connectivity index (χ2v) is 9.63. The monoisotopic (exact) mass is 564 g/mol. The molecule has 0 aliphatic carbocycles. The van der Waals surface area contributed by atoms with E-state index in [4.69, 9.17) is 14.6 Å². The minimum absolute atomic E-state index is 0.0118. The second-order valence-electron chi connectivity index (χ2n) is 9.63. The number of piperazine rings is 1. The molecule has 2 saturated heterocycles. The van der Waals surface area contributed by atoms with Crippen LogP contribution in [0.15, 0.2) is 54.6 Å². The van der Waals surface area contributed by atoms with Crippen molar-refractivity contribution in [3.63, 3.8) is 0 Å². The molecule has 12 heteroatoms. The van der Waals surface area contributed by atoms with Gasteiger partial charge >= 0.3 is 12.1 Å². The van der Waals surface area contributed by atoms with E-state index in [9.17, 15) is 22.8 Å². The Morgan fingerprint density at radius 3 is 2.08 bits per heavy atom. The molecule has 2 aliphatic heterocycles. The van der Waals surface area contributed by atoms with E-state index in [0.29, 0.717) is 24.4 Å². The number of carboxylic acid groups (broad SMARTS) is 1. The maximum absolute atomic E-state index is 13.3. The summed E-state index contributed by atoms with van der Waals surface area (Å²) >= 11 is 0. The molecule has 2 heterocycles. The Kier molecular flexibility index (Phi) is 11.3. The third-order valence-corrected chi connectivity index (χ3v) is 6.89. The summed E-state index contributed by atoms with van der Waals surface area (Å²) in [6, 6.07) is 16.4.